The van der Waals surface area contributed by atoms with Crippen LogP contribution in [0.5, 0.6) is 5.75 Å². The molecule has 3 N–H and O–H groups in total. The molecule has 1 rings (SSSR count). The van der Waals surface area contributed by atoms with Crippen LogP contribution < -0.4 is 0 Å². The van der Waals surface area contributed by atoms with E-state index in [1.54, 1.807) is 13.0 Å². The lowest BCUT2D eigenvalue weighted by molar-refractivity contribution is -0.159. The molecule has 0 fully saturated rings. The molecule has 0 bridgehead atoms. The molecule has 0 aliphatic rings. The maximum Gasteiger partial charge on any atom is 0.338 e. The third-order valence-corrected chi connectivity index (χ3v) is 3.96. The van der Waals surface area contributed by atoms with E-state index in [2.05, 4.69) is 0 Å². The van der Waals surface area contributed by atoms with Crippen molar-refractivity contribution in [3.8, 4) is 5.75 Å². The van der Waals surface area contributed by atoms with Crippen molar-refractivity contribution in [2.24, 2.45) is 0 Å². The molecule has 0 aromatic heterocycles. The Morgan fingerprint density at radius 3 is 2.04 bits per heavy atom. The number of ether oxygens (including phenoxy) is 1. The van der Waals surface area contributed by atoms with E-state index in [4.69, 9.17) is 4.74 Å². The van der Waals surface area contributed by atoms with Gasteiger partial charge in [0, 0.05) is 5.56 Å². The van der Waals surface area contributed by atoms with Gasteiger partial charge in [0.1, 0.15) is 11.9 Å². The molecule has 2 atom stereocenters. The van der Waals surface area contributed by atoms with Crippen LogP contribution in [0.25, 0.3) is 0 Å². The fraction of sp³-hybridized carbons (Fsp3) is 0.632. The molecule has 24 heavy (non-hydrogen) atoms. The Hall–Kier alpha value is -1.59. The third-order valence-electron chi connectivity index (χ3n) is 3.96. The number of hydrogen-bond donors (Lipinski definition) is 3. The molecule has 5 nitrogen and oxygen atoms in total. The minimum Gasteiger partial charge on any atom is -0.507 e. The Morgan fingerprint density at radius 1 is 1.08 bits per heavy atom. The highest BCUT2D eigenvalue weighted by atomic mass is 16.5. The van der Waals surface area contributed by atoms with Gasteiger partial charge in [-0.1, -0.05) is 47.6 Å². The van der Waals surface area contributed by atoms with Gasteiger partial charge in [-0.05, 0) is 34.9 Å². The van der Waals surface area contributed by atoms with E-state index >= 15 is 0 Å². The van der Waals surface area contributed by atoms with Gasteiger partial charge in [-0.15, -0.1) is 0 Å². The number of aromatic hydroxyl groups is 1. The Labute approximate surface area is 144 Å². The first-order valence-corrected chi connectivity index (χ1v) is 8.21. The Kier molecular flexibility index (Phi) is 6.06. The summed E-state index contributed by atoms with van der Waals surface area (Å²) in [5.41, 5.74) is 1.09. The van der Waals surface area contributed by atoms with Crippen molar-refractivity contribution in [3.63, 3.8) is 0 Å². The summed E-state index contributed by atoms with van der Waals surface area (Å²) in [7, 11) is 0. The maximum atomic E-state index is 11.7. The predicted molar refractivity (Wildman–Crippen MR) is 93.1 cm³/mol. The fourth-order valence-corrected chi connectivity index (χ4v) is 2.41. The summed E-state index contributed by atoms with van der Waals surface area (Å²) < 4.78 is 4.75. The number of aliphatic hydroxyl groups is 2. The van der Waals surface area contributed by atoms with Crippen LogP contribution in [0, 0.1) is 0 Å². The van der Waals surface area contributed by atoms with Crippen molar-refractivity contribution in [3.05, 3.63) is 28.8 Å². The largest absolute Gasteiger partial charge is 0.507 e. The minimum atomic E-state index is -1.75. The van der Waals surface area contributed by atoms with Crippen LogP contribution in [-0.4, -0.2) is 34.0 Å². The number of hydrogen-bond acceptors (Lipinski definition) is 5. The van der Waals surface area contributed by atoms with E-state index in [1.165, 1.54) is 0 Å². The molecule has 0 saturated heterocycles. The molecule has 1 aromatic rings. The molecule has 0 amide bonds. The topological polar surface area (TPSA) is 87.0 Å². The molecular formula is C19H30O5. The zero-order valence-electron chi connectivity index (χ0n) is 15.7. The van der Waals surface area contributed by atoms with E-state index in [-0.39, 0.29) is 28.7 Å². The lowest BCUT2D eigenvalue weighted by Gasteiger charge is -2.29. The zero-order chi connectivity index (χ0) is 18.9. The van der Waals surface area contributed by atoms with E-state index in [0.29, 0.717) is 5.56 Å². The van der Waals surface area contributed by atoms with Crippen LogP contribution in [0.3, 0.4) is 0 Å². The second kappa shape index (κ2) is 7.11. The molecular weight excluding hydrogens is 308 g/mol. The smallest absolute Gasteiger partial charge is 0.338 e. The summed E-state index contributed by atoms with van der Waals surface area (Å²) in [6, 6.07) is 3.54. The summed E-state index contributed by atoms with van der Waals surface area (Å²) in [5, 5.41) is 31.1. The number of benzene rings is 1. The maximum absolute atomic E-state index is 11.7. The highest BCUT2D eigenvalue weighted by Gasteiger charge is 2.33. The molecule has 136 valence electrons. The second-order valence-electron chi connectivity index (χ2n) is 8.10. The first-order chi connectivity index (χ1) is 10.8. The van der Waals surface area contributed by atoms with Crippen LogP contribution in [0.1, 0.15) is 71.3 Å². The molecule has 0 spiro atoms. The third kappa shape index (κ3) is 4.48. The predicted octanol–water partition coefficient (Wildman–Crippen LogP) is 2.94. The monoisotopic (exact) mass is 338 g/mol. The molecule has 0 aliphatic carbocycles. The van der Waals surface area contributed by atoms with Crippen LogP contribution in [-0.2, 0) is 20.4 Å². The van der Waals surface area contributed by atoms with Gasteiger partial charge in [0.25, 0.3) is 0 Å². The van der Waals surface area contributed by atoms with Crippen molar-refractivity contribution in [1.29, 1.82) is 0 Å². The van der Waals surface area contributed by atoms with Crippen LogP contribution in [0.15, 0.2) is 12.1 Å². The summed E-state index contributed by atoms with van der Waals surface area (Å²) >= 11 is 0. The van der Waals surface area contributed by atoms with Crippen molar-refractivity contribution < 1.29 is 24.9 Å². The van der Waals surface area contributed by atoms with Gasteiger partial charge >= 0.3 is 5.97 Å². The van der Waals surface area contributed by atoms with Crippen LogP contribution in [0.4, 0.5) is 0 Å². The highest BCUT2D eigenvalue weighted by molar-refractivity contribution is 5.75. The van der Waals surface area contributed by atoms with Gasteiger partial charge in [-0.25, -0.2) is 4.79 Å². The van der Waals surface area contributed by atoms with E-state index < -0.39 is 18.2 Å². The number of phenols is 1. The molecule has 0 heterocycles. The number of aliphatic hydroxyl groups excluding tert-OH is 2. The lowest BCUT2D eigenvalue weighted by atomic mass is 9.78. The molecule has 0 radical (unpaired) electrons. The van der Waals surface area contributed by atoms with Crippen molar-refractivity contribution in [2.75, 3.05) is 6.61 Å². The van der Waals surface area contributed by atoms with E-state index in [0.717, 1.165) is 5.56 Å². The van der Waals surface area contributed by atoms with E-state index in [1.807, 2.05) is 47.6 Å². The van der Waals surface area contributed by atoms with Gasteiger partial charge in [-0.3, -0.25) is 0 Å². The standard InChI is InChI=1S/C19H30O5/c1-8-24-17(23)16(22)15(21)12-9-11(18(2,3)4)10-13(14(12)20)19(5,6)7/h9-10,15-16,20-22H,8H2,1-7H3. The molecule has 5 heteroatoms. The first kappa shape index (κ1) is 20.5. The average Bonchev–Trinajstić information content (AvgIpc) is 2.43. The molecule has 0 aliphatic heterocycles. The Bertz CT molecular complexity index is 593. The minimum absolute atomic E-state index is 0.101. The van der Waals surface area contributed by atoms with Gasteiger partial charge < -0.3 is 20.1 Å². The first-order valence-electron chi connectivity index (χ1n) is 8.21. The fourth-order valence-electron chi connectivity index (χ4n) is 2.41. The number of carbonyl (C=O) groups is 1. The van der Waals surface area contributed by atoms with Crippen molar-refractivity contribution >= 4 is 5.97 Å². The van der Waals surface area contributed by atoms with Gasteiger partial charge in [0.05, 0.1) is 6.61 Å². The Morgan fingerprint density at radius 2 is 1.62 bits per heavy atom. The normalized spacial score (nSPS) is 15.0. The Balaban J connectivity index is 3.49. The lowest BCUT2D eigenvalue weighted by Crippen LogP contribution is -2.30. The zero-order valence-corrected chi connectivity index (χ0v) is 15.7. The van der Waals surface area contributed by atoms with Crippen molar-refractivity contribution in [1.82, 2.24) is 0 Å². The quantitative estimate of drug-likeness (QED) is 0.735. The SMILES string of the molecule is CCOC(=O)C(O)C(O)c1cc(C(C)(C)C)cc(C(C)(C)C)c1O. The highest BCUT2D eigenvalue weighted by Crippen LogP contribution is 2.40. The average molecular weight is 338 g/mol. The van der Waals surface area contributed by atoms with Gasteiger partial charge in [0.15, 0.2) is 6.10 Å². The van der Waals surface area contributed by atoms with Crippen molar-refractivity contribution in [2.45, 2.75) is 71.5 Å². The number of phenolic OH excluding ortho intramolecular Hbond substituents is 1. The van der Waals surface area contributed by atoms with Crippen LogP contribution >= 0.6 is 0 Å². The van der Waals surface area contributed by atoms with Crippen LogP contribution in [0.2, 0.25) is 0 Å². The second-order valence-corrected chi connectivity index (χ2v) is 8.10. The number of esters is 1. The van der Waals surface area contributed by atoms with E-state index in [9.17, 15) is 20.1 Å². The number of carbonyl (C=O) groups excluding carboxylic acids is 1. The molecule has 2 unspecified atom stereocenters. The summed E-state index contributed by atoms with van der Waals surface area (Å²) in [4.78, 5) is 11.7. The summed E-state index contributed by atoms with van der Waals surface area (Å²) in [6.45, 7) is 13.6. The molecule has 1 aromatic carbocycles. The molecule has 0 saturated carbocycles. The summed E-state index contributed by atoms with van der Waals surface area (Å²) in [5.74, 6) is -1.02. The van der Waals surface area contributed by atoms with Gasteiger partial charge in [-0.2, -0.15) is 0 Å². The van der Waals surface area contributed by atoms with Gasteiger partial charge in [0.2, 0.25) is 0 Å². The summed E-state index contributed by atoms with van der Waals surface area (Å²) in [6.07, 6.45) is -3.31. The number of rotatable bonds is 4.